The van der Waals surface area contributed by atoms with Crippen molar-refractivity contribution in [3.63, 3.8) is 0 Å². The minimum absolute atomic E-state index is 0. The number of nitrogens with zero attached hydrogens (tertiary/aromatic N) is 2. The molecule has 5 nitrogen and oxygen atoms in total. The molecule has 1 aromatic carbocycles. The van der Waals surface area contributed by atoms with E-state index in [1.807, 2.05) is 6.92 Å². The van der Waals surface area contributed by atoms with Crippen molar-refractivity contribution in [3.8, 4) is 0 Å². The largest absolute Gasteiger partial charge is 0.480 e. The van der Waals surface area contributed by atoms with Gasteiger partial charge in [-0.2, -0.15) is 0 Å². The number of benzene rings is 1. The molecule has 1 saturated heterocycles. The third-order valence-corrected chi connectivity index (χ3v) is 4.23. The Morgan fingerprint density at radius 2 is 2.12 bits per heavy atom. The van der Waals surface area contributed by atoms with Gasteiger partial charge in [0.05, 0.1) is 6.54 Å². The Hall–Kier alpha value is -1.66. The predicted molar refractivity (Wildman–Crippen MR) is 91.6 cm³/mol. The molecule has 1 aliphatic rings. The number of aliphatic carboxylic acids is 1. The van der Waals surface area contributed by atoms with Crippen LogP contribution < -0.4 is 0 Å². The first kappa shape index (κ1) is 20.4. The van der Waals surface area contributed by atoms with Crippen LogP contribution in [0.15, 0.2) is 24.3 Å². The van der Waals surface area contributed by atoms with Crippen LogP contribution in [0.1, 0.15) is 31.7 Å². The summed E-state index contributed by atoms with van der Waals surface area (Å²) in [6, 6.07) is 5.60. The minimum atomic E-state index is -0.870. The van der Waals surface area contributed by atoms with Crippen molar-refractivity contribution in [3.05, 3.63) is 35.6 Å². The Labute approximate surface area is 147 Å². The fourth-order valence-electron chi connectivity index (χ4n) is 2.97. The lowest BCUT2D eigenvalue weighted by atomic mass is 10.0. The van der Waals surface area contributed by atoms with Gasteiger partial charge in [0.2, 0.25) is 5.91 Å². The maximum atomic E-state index is 13.3. The van der Waals surface area contributed by atoms with Crippen molar-refractivity contribution < 1.29 is 19.1 Å². The van der Waals surface area contributed by atoms with Gasteiger partial charge in [0.15, 0.2) is 0 Å². The van der Waals surface area contributed by atoms with Crippen LogP contribution in [0.2, 0.25) is 0 Å². The average Bonchev–Trinajstić information content (AvgIpc) is 2.53. The summed E-state index contributed by atoms with van der Waals surface area (Å²) in [5, 5.41) is 9.27. The highest BCUT2D eigenvalue weighted by molar-refractivity contribution is 5.85. The molecule has 1 atom stereocenters. The summed E-state index contributed by atoms with van der Waals surface area (Å²) < 4.78 is 13.3. The predicted octanol–water partition coefficient (Wildman–Crippen LogP) is 2.54. The van der Waals surface area contributed by atoms with Crippen molar-refractivity contribution in [1.29, 1.82) is 0 Å². The van der Waals surface area contributed by atoms with Gasteiger partial charge < -0.3 is 10.0 Å². The molecule has 1 amide bonds. The van der Waals surface area contributed by atoms with Crippen LogP contribution in [0.25, 0.3) is 0 Å². The molecule has 0 saturated carbocycles. The molecule has 1 heterocycles. The fraction of sp³-hybridized carbons (Fsp3) is 0.529. The maximum Gasteiger partial charge on any atom is 0.320 e. The molecule has 0 radical (unpaired) electrons. The Morgan fingerprint density at radius 3 is 2.75 bits per heavy atom. The number of carboxylic acids is 1. The molecule has 0 bridgehead atoms. The Kier molecular flexibility index (Phi) is 8.15. The molecule has 1 N–H and O–H groups in total. The monoisotopic (exact) mass is 358 g/mol. The van der Waals surface area contributed by atoms with Gasteiger partial charge in [-0.15, -0.1) is 12.4 Å². The molecular weight excluding hydrogens is 335 g/mol. The number of rotatable bonds is 6. The summed E-state index contributed by atoms with van der Waals surface area (Å²) in [6.07, 6.45) is 2.37. The van der Waals surface area contributed by atoms with Gasteiger partial charge in [-0.1, -0.05) is 18.6 Å². The first-order valence-corrected chi connectivity index (χ1v) is 8.00. The van der Waals surface area contributed by atoms with Crippen LogP contribution in [-0.4, -0.2) is 52.5 Å². The Bertz CT molecular complexity index is 571. The summed E-state index contributed by atoms with van der Waals surface area (Å²) in [6.45, 7) is 3.42. The molecule has 7 heteroatoms. The van der Waals surface area contributed by atoms with Gasteiger partial charge in [-0.25, -0.2) is 4.39 Å². The zero-order valence-electron chi connectivity index (χ0n) is 13.8. The van der Waals surface area contributed by atoms with Gasteiger partial charge in [0.1, 0.15) is 11.9 Å². The Balaban J connectivity index is 0.00000288. The number of carboxylic acid groups (broad SMARTS) is 1. The van der Waals surface area contributed by atoms with Crippen LogP contribution in [0.4, 0.5) is 4.39 Å². The van der Waals surface area contributed by atoms with Gasteiger partial charge in [0.25, 0.3) is 0 Å². The van der Waals surface area contributed by atoms with E-state index in [0.717, 1.165) is 18.4 Å². The first-order chi connectivity index (χ1) is 11.0. The van der Waals surface area contributed by atoms with E-state index < -0.39 is 12.0 Å². The summed E-state index contributed by atoms with van der Waals surface area (Å²) >= 11 is 0. The summed E-state index contributed by atoms with van der Waals surface area (Å²) in [5.74, 6) is -1.32. The molecule has 1 aliphatic heterocycles. The van der Waals surface area contributed by atoms with E-state index in [1.54, 1.807) is 21.9 Å². The molecule has 0 spiro atoms. The van der Waals surface area contributed by atoms with E-state index in [1.165, 1.54) is 12.1 Å². The SMILES string of the molecule is CCN(Cc1cccc(F)c1)C(=O)CN1CCCCC1C(=O)O.Cl. The van der Waals surface area contributed by atoms with Crippen molar-refractivity contribution >= 4 is 24.3 Å². The molecule has 0 aromatic heterocycles. The van der Waals surface area contributed by atoms with Crippen molar-refractivity contribution in [1.82, 2.24) is 9.80 Å². The molecule has 24 heavy (non-hydrogen) atoms. The third-order valence-electron chi connectivity index (χ3n) is 4.23. The zero-order chi connectivity index (χ0) is 16.8. The maximum absolute atomic E-state index is 13.3. The number of hydrogen-bond donors (Lipinski definition) is 1. The van der Waals surface area contributed by atoms with Crippen LogP contribution in [0, 0.1) is 5.82 Å². The van der Waals surface area contributed by atoms with E-state index in [-0.39, 0.29) is 30.7 Å². The molecular formula is C17H24ClFN2O3. The quantitative estimate of drug-likeness (QED) is 0.849. The average molecular weight is 359 g/mol. The zero-order valence-corrected chi connectivity index (χ0v) is 14.6. The van der Waals surface area contributed by atoms with Crippen molar-refractivity contribution in [2.45, 2.75) is 38.8 Å². The van der Waals surface area contributed by atoms with Crippen LogP contribution in [-0.2, 0) is 16.1 Å². The van der Waals surface area contributed by atoms with Gasteiger partial charge in [-0.05, 0) is 44.0 Å². The lowest BCUT2D eigenvalue weighted by Gasteiger charge is -2.34. The normalized spacial score (nSPS) is 17.8. The standard InChI is InChI=1S/C17H23FN2O3.ClH/c1-2-19(11-13-6-5-7-14(18)10-13)16(21)12-20-9-4-3-8-15(20)17(22)23;/h5-7,10,15H,2-4,8-9,11-12H2,1H3,(H,22,23);1H. The fourth-order valence-corrected chi connectivity index (χ4v) is 2.97. The highest BCUT2D eigenvalue weighted by atomic mass is 35.5. The van der Waals surface area contributed by atoms with Gasteiger partial charge >= 0.3 is 5.97 Å². The number of amides is 1. The number of hydrogen-bond acceptors (Lipinski definition) is 3. The molecule has 1 fully saturated rings. The molecule has 134 valence electrons. The second-order valence-electron chi connectivity index (χ2n) is 5.86. The molecule has 0 aliphatic carbocycles. The number of carbonyl (C=O) groups excluding carboxylic acids is 1. The van der Waals surface area contributed by atoms with E-state index in [2.05, 4.69) is 0 Å². The van der Waals surface area contributed by atoms with E-state index in [4.69, 9.17) is 0 Å². The third kappa shape index (κ3) is 5.46. The number of piperidine rings is 1. The van der Waals surface area contributed by atoms with Crippen molar-refractivity contribution in [2.24, 2.45) is 0 Å². The second-order valence-corrected chi connectivity index (χ2v) is 5.86. The molecule has 1 unspecified atom stereocenters. The minimum Gasteiger partial charge on any atom is -0.480 e. The van der Waals surface area contributed by atoms with Gasteiger partial charge in [-0.3, -0.25) is 14.5 Å². The number of carbonyl (C=O) groups is 2. The molecule has 1 aromatic rings. The summed E-state index contributed by atoms with van der Waals surface area (Å²) in [7, 11) is 0. The topological polar surface area (TPSA) is 60.9 Å². The van der Waals surface area contributed by atoms with E-state index in [9.17, 15) is 19.1 Å². The number of likely N-dealkylation sites (tertiary alicyclic amines) is 1. The number of likely N-dealkylation sites (N-methyl/N-ethyl adjacent to an activating group) is 1. The smallest absolute Gasteiger partial charge is 0.320 e. The first-order valence-electron chi connectivity index (χ1n) is 8.00. The highest BCUT2D eigenvalue weighted by Gasteiger charge is 2.30. The second kappa shape index (κ2) is 9.59. The van der Waals surface area contributed by atoms with Crippen molar-refractivity contribution in [2.75, 3.05) is 19.6 Å². The van der Waals surface area contributed by atoms with E-state index in [0.29, 0.717) is 26.1 Å². The van der Waals surface area contributed by atoms with Gasteiger partial charge in [0, 0.05) is 13.1 Å². The Morgan fingerprint density at radius 1 is 1.38 bits per heavy atom. The summed E-state index contributed by atoms with van der Waals surface area (Å²) in [4.78, 5) is 27.2. The molecule has 2 rings (SSSR count). The van der Waals surface area contributed by atoms with Crippen LogP contribution in [0.5, 0.6) is 0 Å². The summed E-state index contributed by atoms with van der Waals surface area (Å²) in [5.41, 5.74) is 0.730. The van der Waals surface area contributed by atoms with Crippen LogP contribution >= 0.6 is 12.4 Å². The lowest BCUT2D eigenvalue weighted by molar-refractivity contribution is -0.146. The number of halogens is 2. The van der Waals surface area contributed by atoms with Crippen LogP contribution in [0.3, 0.4) is 0 Å². The lowest BCUT2D eigenvalue weighted by Crippen LogP contribution is -2.49. The highest BCUT2D eigenvalue weighted by Crippen LogP contribution is 2.17. The van der Waals surface area contributed by atoms with E-state index >= 15 is 0 Å².